The normalized spacial score (nSPS) is 23.5. The Kier molecular flexibility index (Phi) is 13.5. The van der Waals surface area contributed by atoms with Gasteiger partial charge in [-0.3, -0.25) is 0 Å². The van der Waals surface area contributed by atoms with Gasteiger partial charge in [-0.25, -0.2) is 0 Å². The van der Waals surface area contributed by atoms with Gasteiger partial charge in [-0.05, 0) is 57.2 Å². The highest BCUT2D eigenvalue weighted by Gasteiger charge is 2.30. The zero-order valence-corrected chi connectivity index (χ0v) is 15.7. The fourth-order valence-electron chi connectivity index (χ4n) is 3.48. The van der Waals surface area contributed by atoms with E-state index in [-0.39, 0.29) is 12.0 Å². The van der Waals surface area contributed by atoms with Crippen LogP contribution in [0, 0.1) is 17.8 Å². The molecule has 7 heteroatoms. The Bertz CT molecular complexity index is 310. The van der Waals surface area contributed by atoms with E-state index >= 15 is 0 Å². The highest BCUT2D eigenvalue weighted by Crippen LogP contribution is 2.32. The SMILES string of the molecule is NCCCOCCOCCOCC(CN)C(N)C1CCCC(CN)C1. The molecule has 4 unspecified atom stereocenters. The fraction of sp³-hybridized carbons (Fsp3) is 1.00. The highest BCUT2D eigenvalue weighted by atomic mass is 16.5. The first-order valence-electron chi connectivity index (χ1n) is 9.81. The van der Waals surface area contributed by atoms with Crippen molar-refractivity contribution in [1.82, 2.24) is 0 Å². The molecule has 0 aromatic carbocycles. The number of hydrogen-bond acceptors (Lipinski definition) is 7. The minimum Gasteiger partial charge on any atom is -0.379 e. The molecular weight excluding hydrogens is 320 g/mol. The molecule has 1 saturated carbocycles. The molecule has 1 fully saturated rings. The largest absolute Gasteiger partial charge is 0.379 e. The van der Waals surface area contributed by atoms with E-state index in [4.69, 9.17) is 37.1 Å². The second-order valence-corrected chi connectivity index (χ2v) is 7.04. The summed E-state index contributed by atoms with van der Waals surface area (Å²) in [6.45, 7) is 5.56. The summed E-state index contributed by atoms with van der Waals surface area (Å²) in [6, 6.07) is 0.0937. The Hall–Kier alpha value is -0.280. The van der Waals surface area contributed by atoms with Crippen LogP contribution in [0.2, 0.25) is 0 Å². The molecule has 0 spiro atoms. The Morgan fingerprint density at radius 3 is 2.20 bits per heavy atom. The lowest BCUT2D eigenvalue weighted by Gasteiger charge is -2.35. The second-order valence-electron chi connectivity index (χ2n) is 7.04. The van der Waals surface area contributed by atoms with Crippen molar-refractivity contribution in [2.75, 3.05) is 59.3 Å². The average molecular weight is 361 g/mol. The molecule has 0 saturated heterocycles. The van der Waals surface area contributed by atoms with Gasteiger partial charge in [0.15, 0.2) is 0 Å². The van der Waals surface area contributed by atoms with Gasteiger partial charge in [0.05, 0.1) is 33.0 Å². The molecule has 1 aliphatic rings. The van der Waals surface area contributed by atoms with E-state index in [2.05, 4.69) is 0 Å². The molecule has 8 N–H and O–H groups in total. The standard InChI is InChI=1S/C18H40N4O3/c19-5-2-6-23-7-8-24-9-10-25-14-17(13-21)18(22)16-4-1-3-15(11-16)12-20/h15-18H,1-14,19-22H2. The molecule has 0 radical (unpaired) electrons. The van der Waals surface area contributed by atoms with E-state index < -0.39 is 0 Å². The summed E-state index contributed by atoms with van der Waals surface area (Å²) in [4.78, 5) is 0. The van der Waals surface area contributed by atoms with Gasteiger partial charge in [0.1, 0.15) is 0 Å². The molecule has 1 aliphatic carbocycles. The lowest BCUT2D eigenvalue weighted by Crippen LogP contribution is -2.45. The molecule has 0 bridgehead atoms. The van der Waals surface area contributed by atoms with Gasteiger partial charge >= 0.3 is 0 Å². The summed E-state index contributed by atoms with van der Waals surface area (Å²) < 4.78 is 16.6. The van der Waals surface area contributed by atoms with Crippen molar-refractivity contribution in [3.63, 3.8) is 0 Å². The lowest BCUT2D eigenvalue weighted by molar-refractivity contribution is 0.00316. The molecule has 0 aromatic rings. The number of hydrogen-bond donors (Lipinski definition) is 4. The van der Waals surface area contributed by atoms with E-state index in [9.17, 15) is 0 Å². The summed E-state index contributed by atoms with van der Waals surface area (Å²) in [5.41, 5.74) is 23.6. The third-order valence-corrected chi connectivity index (χ3v) is 5.12. The molecule has 7 nitrogen and oxygen atoms in total. The molecule has 1 rings (SSSR count). The van der Waals surface area contributed by atoms with Crippen LogP contribution in [0.25, 0.3) is 0 Å². The Labute approximate surface area is 153 Å². The number of ether oxygens (including phenoxy) is 3. The number of nitrogens with two attached hydrogens (primary N) is 4. The van der Waals surface area contributed by atoms with Crippen LogP contribution in [0.4, 0.5) is 0 Å². The van der Waals surface area contributed by atoms with Crippen molar-refractivity contribution in [2.45, 2.75) is 38.1 Å². The first-order chi connectivity index (χ1) is 12.2. The summed E-state index contributed by atoms with van der Waals surface area (Å²) in [6.07, 6.45) is 5.65. The van der Waals surface area contributed by atoms with Crippen molar-refractivity contribution < 1.29 is 14.2 Å². The first-order valence-corrected chi connectivity index (χ1v) is 9.81. The van der Waals surface area contributed by atoms with Gasteiger partial charge in [0, 0.05) is 18.6 Å². The van der Waals surface area contributed by atoms with Crippen molar-refractivity contribution in [3.8, 4) is 0 Å². The summed E-state index contributed by atoms with van der Waals surface area (Å²) in [5.74, 6) is 1.33. The zero-order chi connectivity index (χ0) is 18.3. The van der Waals surface area contributed by atoms with E-state index in [1.807, 2.05) is 0 Å². The van der Waals surface area contributed by atoms with Crippen LogP contribution in [-0.2, 0) is 14.2 Å². The van der Waals surface area contributed by atoms with Crippen molar-refractivity contribution >= 4 is 0 Å². The smallest absolute Gasteiger partial charge is 0.0701 e. The first kappa shape index (κ1) is 22.8. The fourth-order valence-corrected chi connectivity index (χ4v) is 3.48. The maximum absolute atomic E-state index is 6.48. The average Bonchev–Trinajstić information content (AvgIpc) is 2.66. The monoisotopic (exact) mass is 360 g/mol. The Morgan fingerprint density at radius 2 is 1.56 bits per heavy atom. The summed E-state index contributed by atoms with van der Waals surface area (Å²) in [7, 11) is 0. The minimum absolute atomic E-state index is 0.0937. The third-order valence-electron chi connectivity index (χ3n) is 5.12. The molecule has 0 aliphatic heterocycles. The van der Waals surface area contributed by atoms with Crippen LogP contribution in [-0.4, -0.2) is 65.3 Å². The minimum atomic E-state index is 0.0937. The maximum atomic E-state index is 6.48. The summed E-state index contributed by atoms with van der Waals surface area (Å²) >= 11 is 0. The van der Waals surface area contributed by atoms with Crippen molar-refractivity contribution in [3.05, 3.63) is 0 Å². The maximum Gasteiger partial charge on any atom is 0.0701 e. The van der Waals surface area contributed by atoms with Gasteiger partial charge in [-0.2, -0.15) is 0 Å². The van der Waals surface area contributed by atoms with Gasteiger partial charge in [0.25, 0.3) is 0 Å². The molecular formula is C18H40N4O3. The van der Waals surface area contributed by atoms with Crippen LogP contribution in [0.15, 0.2) is 0 Å². The highest BCUT2D eigenvalue weighted by molar-refractivity contribution is 4.85. The molecule has 150 valence electrons. The third kappa shape index (κ3) is 9.84. The second kappa shape index (κ2) is 14.8. The lowest BCUT2D eigenvalue weighted by atomic mass is 9.75. The molecule has 0 amide bonds. The van der Waals surface area contributed by atoms with Gasteiger partial charge in [0.2, 0.25) is 0 Å². The van der Waals surface area contributed by atoms with Crippen LogP contribution in [0.5, 0.6) is 0 Å². The van der Waals surface area contributed by atoms with E-state index in [1.54, 1.807) is 0 Å². The van der Waals surface area contributed by atoms with Crippen LogP contribution in [0.3, 0.4) is 0 Å². The summed E-state index contributed by atoms with van der Waals surface area (Å²) in [5, 5.41) is 0. The topological polar surface area (TPSA) is 132 Å². The Balaban J connectivity index is 2.08. The molecule has 4 atom stereocenters. The van der Waals surface area contributed by atoms with Crippen LogP contribution in [0.1, 0.15) is 32.1 Å². The van der Waals surface area contributed by atoms with Crippen molar-refractivity contribution in [2.24, 2.45) is 40.7 Å². The van der Waals surface area contributed by atoms with E-state index in [0.717, 1.165) is 19.4 Å². The van der Waals surface area contributed by atoms with Crippen LogP contribution < -0.4 is 22.9 Å². The molecule has 0 aromatic heterocycles. The van der Waals surface area contributed by atoms with Gasteiger partial charge in [-0.1, -0.05) is 6.42 Å². The number of rotatable bonds is 15. The zero-order valence-electron chi connectivity index (χ0n) is 15.7. The molecule has 25 heavy (non-hydrogen) atoms. The van der Waals surface area contributed by atoms with E-state index in [1.165, 1.54) is 19.3 Å². The van der Waals surface area contributed by atoms with Crippen LogP contribution >= 0.6 is 0 Å². The quantitative estimate of drug-likeness (QED) is 0.303. The van der Waals surface area contributed by atoms with E-state index in [0.29, 0.717) is 64.6 Å². The van der Waals surface area contributed by atoms with Gasteiger partial charge in [-0.15, -0.1) is 0 Å². The predicted octanol–water partition coefficient (Wildman–Crippen LogP) is 0.0523. The molecule has 0 heterocycles. The van der Waals surface area contributed by atoms with Crippen molar-refractivity contribution in [1.29, 1.82) is 0 Å². The predicted molar refractivity (Wildman–Crippen MR) is 101 cm³/mol. The Morgan fingerprint density at radius 1 is 0.880 bits per heavy atom. The van der Waals surface area contributed by atoms with Gasteiger partial charge < -0.3 is 37.1 Å².